The van der Waals surface area contributed by atoms with Gasteiger partial charge >= 0.3 is 5.97 Å². The van der Waals surface area contributed by atoms with E-state index >= 15 is 0 Å². The Morgan fingerprint density at radius 2 is 1.46 bits per heavy atom. The Labute approximate surface area is 165 Å². The lowest BCUT2D eigenvalue weighted by molar-refractivity contribution is -0.148. The Hall–Kier alpha value is -2.17. The van der Waals surface area contributed by atoms with Crippen LogP contribution >= 0.6 is 0 Å². The number of nitrogens with one attached hydrogen (secondary N) is 1. The average Bonchev–Trinajstić information content (AvgIpc) is 2.60. The molecule has 0 spiro atoms. The second-order valence-electron chi connectivity index (χ2n) is 9.65. The van der Waals surface area contributed by atoms with Crippen LogP contribution in [0.25, 0.3) is 0 Å². The van der Waals surface area contributed by atoms with Crippen LogP contribution in [0, 0.1) is 29.6 Å². The van der Waals surface area contributed by atoms with E-state index in [4.69, 9.17) is 0 Å². The normalized spacial score (nSPS) is 31.6. The van der Waals surface area contributed by atoms with Gasteiger partial charge in [0.1, 0.15) is 5.92 Å². The average molecular weight is 383 g/mol. The highest BCUT2D eigenvalue weighted by Gasteiger charge is 2.51. The topological polar surface area (TPSA) is 83.5 Å². The number of rotatable bonds is 5. The predicted octanol–water partition coefficient (Wildman–Crippen LogP) is 3.77. The minimum Gasteiger partial charge on any atom is -0.481 e. The predicted molar refractivity (Wildman–Crippen MR) is 105 cm³/mol. The summed E-state index contributed by atoms with van der Waals surface area (Å²) in [4.78, 5) is 35.9. The Balaban J connectivity index is 1.47. The number of carboxylic acids is 1. The number of carboxylic acid groups (broad SMARTS) is 1. The van der Waals surface area contributed by atoms with Crippen molar-refractivity contribution in [1.82, 2.24) is 5.32 Å². The Kier molecular flexibility index (Phi) is 4.80. The number of aliphatic carboxylic acids is 1. The number of carbonyl (C=O) groups is 3. The summed E-state index contributed by atoms with van der Waals surface area (Å²) in [5.74, 6) is -1.54. The zero-order valence-electron chi connectivity index (χ0n) is 16.6. The molecule has 150 valence electrons. The number of imide groups is 1. The Morgan fingerprint density at radius 3 is 1.89 bits per heavy atom. The van der Waals surface area contributed by atoms with Crippen LogP contribution in [-0.2, 0) is 15.0 Å². The monoisotopic (exact) mass is 383 g/mol. The molecule has 4 bridgehead atoms. The van der Waals surface area contributed by atoms with E-state index in [-0.39, 0.29) is 11.3 Å². The molecule has 0 radical (unpaired) electrons. The summed E-state index contributed by atoms with van der Waals surface area (Å²) in [5.41, 5.74) is 1.99. The molecule has 0 unspecified atom stereocenters. The molecule has 0 aromatic heterocycles. The second-order valence-corrected chi connectivity index (χ2v) is 9.65. The molecule has 4 aliphatic carbocycles. The van der Waals surface area contributed by atoms with Gasteiger partial charge in [0.15, 0.2) is 0 Å². The van der Waals surface area contributed by atoms with E-state index < -0.39 is 23.7 Å². The Bertz CT molecular complexity index is 760. The van der Waals surface area contributed by atoms with Crippen molar-refractivity contribution in [3.05, 3.63) is 35.4 Å². The van der Waals surface area contributed by atoms with Crippen LogP contribution < -0.4 is 5.32 Å². The minimum atomic E-state index is -1.23. The molecular formula is C23H29NO4. The van der Waals surface area contributed by atoms with Crippen molar-refractivity contribution in [2.45, 2.75) is 57.8 Å². The smallest absolute Gasteiger partial charge is 0.316 e. The highest BCUT2D eigenvalue weighted by molar-refractivity contribution is 6.09. The fourth-order valence-electron chi connectivity index (χ4n) is 6.40. The van der Waals surface area contributed by atoms with Crippen LogP contribution in [0.1, 0.15) is 68.3 Å². The van der Waals surface area contributed by atoms with Crippen LogP contribution in [0.4, 0.5) is 0 Å². The molecule has 1 aromatic rings. The fraction of sp³-hybridized carbons (Fsp3) is 0.609. The van der Waals surface area contributed by atoms with Gasteiger partial charge < -0.3 is 5.11 Å². The van der Waals surface area contributed by atoms with Crippen LogP contribution in [0.5, 0.6) is 0 Å². The van der Waals surface area contributed by atoms with Crippen molar-refractivity contribution in [3.8, 4) is 0 Å². The largest absolute Gasteiger partial charge is 0.481 e. The minimum absolute atomic E-state index is 0.269. The molecule has 5 nitrogen and oxygen atoms in total. The summed E-state index contributed by atoms with van der Waals surface area (Å²) in [5, 5.41) is 11.5. The van der Waals surface area contributed by atoms with Crippen molar-refractivity contribution >= 4 is 17.8 Å². The molecule has 5 rings (SSSR count). The van der Waals surface area contributed by atoms with Gasteiger partial charge in [-0.2, -0.15) is 0 Å². The van der Waals surface area contributed by atoms with Gasteiger partial charge in [0.25, 0.3) is 5.91 Å². The fourth-order valence-corrected chi connectivity index (χ4v) is 6.40. The first kappa shape index (κ1) is 19.2. The molecule has 5 heteroatoms. The van der Waals surface area contributed by atoms with E-state index in [9.17, 15) is 19.5 Å². The third kappa shape index (κ3) is 3.36. The second kappa shape index (κ2) is 7.02. The van der Waals surface area contributed by atoms with Crippen molar-refractivity contribution in [1.29, 1.82) is 0 Å². The first-order valence-corrected chi connectivity index (χ1v) is 10.5. The van der Waals surface area contributed by atoms with E-state index in [0.29, 0.717) is 5.56 Å². The molecule has 2 N–H and O–H groups in total. The van der Waals surface area contributed by atoms with Gasteiger partial charge in [0, 0.05) is 5.56 Å². The van der Waals surface area contributed by atoms with E-state index in [1.54, 1.807) is 26.0 Å². The highest BCUT2D eigenvalue weighted by Crippen LogP contribution is 2.60. The summed E-state index contributed by atoms with van der Waals surface area (Å²) in [6, 6.07) is 7.65. The lowest BCUT2D eigenvalue weighted by Gasteiger charge is -2.57. The molecular weight excluding hydrogens is 354 g/mol. The van der Waals surface area contributed by atoms with E-state index in [0.717, 1.165) is 17.8 Å². The number of carbonyl (C=O) groups excluding carboxylic acids is 2. The molecule has 4 aliphatic rings. The number of hydrogen-bond acceptors (Lipinski definition) is 3. The van der Waals surface area contributed by atoms with Gasteiger partial charge in [-0.1, -0.05) is 26.0 Å². The van der Waals surface area contributed by atoms with Crippen molar-refractivity contribution in [2.24, 2.45) is 29.6 Å². The summed E-state index contributed by atoms with van der Waals surface area (Å²) in [6.07, 6.45) is 7.96. The van der Waals surface area contributed by atoms with Crippen molar-refractivity contribution in [3.63, 3.8) is 0 Å². The van der Waals surface area contributed by atoms with Gasteiger partial charge in [0.05, 0.1) is 0 Å². The maximum atomic E-state index is 12.4. The number of amides is 2. The molecule has 4 saturated carbocycles. The zero-order chi connectivity index (χ0) is 20.1. The van der Waals surface area contributed by atoms with Gasteiger partial charge in [-0.25, -0.2) is 0 Å². The molecule has 2 amide bonds. The van der Waals surface area contributed by atoms with E-state index in [1.165, 1.54) is 44.1 Å². The van der Waals surface area contributed by atoms with Gasteiger partial charge in [0.2, 0.25) is 5.91 Å². The first-order valence-electron chi connectivity index (χ1n) is 10.5. The third-order valence-electron chi connectivity index (χ3n) is 7.25. The Morgan fingerprint density at radius 1 is 0.964 bits per heavy atom. The molecule has 0 aliphatic heterocycles. The van der Waals surface area contributed by atoms with Crippen LogP contribution in [-0.4, -0.2) is 22.9 Å². The molecule has 4 fully saturated rings. The van der Waals surface area contributed by atoms with Crippen LogP contribution in [0.3, 0.4) is 0 Å². The summed E-state index contributed by atoms with van der Waals surface area (Å²) in [6.45, 7) is 3.31. The lowest BCUT2D eigenvalue weighted by atomic mass is 9.48. The molecule has 1 aromatic carbocycles. The van der Waals surface area contributed by atoms with E-state index in [1.807, 2.05) is 12.1 Å². The first-order chi connectivity index (χ1) is 13.3. The van der Waals surface area contributed by atoms with Gasteiger partial charge in [-0.15, -0.1) is 0 Å². The van der Waals surface area contributed by atoms with Crippen molar-refractivity contribution in [2.75, 3.05) is 0 Å². The molecule has 0 heterocycles. The summed E-state index contributed by atoms with van der Waals surface area (Å²) in [7, 11) is 0. The standard InChI is InChI=1S/C23H29NO4/c1-13(2)19(22(27)28)21(26)24-20(25)17-3-5-18(6-4-17)23-10-14-7-15(11-23)9-16(8-14)12-23/h3-6,13-16,19H,7-12H2,1-2H3,(H,27,28)(H,24,25,26)/t14?,15?,16?,19-,23?/m1/s1. The lowest BCUT2D eigenvalue weighted by Crippen LogP contribution is -2.48. The maximum absolute atomic E-state index is 12.4. The molecule has 1 atom stereocenters. The quantitative estimate of drug-likeness (QED) is 0.758. The van der Waals surface area contributed by atoms with Crippen LogP contribution in [0.15, 0.2) is 24.3 Å². The SMILES string of the molecule is CC(C)[C@@H](C(=O)O)C(=O)NC(=O)c1ccc(C23CC4CC(CC(C4)C2)C3)cc1. The van der Waals surface area contributed by atoms with Gasteiger partial charge in [-0.3, -0.25) is 19.7 Å². The van der Waals surface area contributed by atoms with Crippen molar-refractivity contribution < 1.29 is 19.5 Å². The molecule has 0 saturated heterocycles. The zero-order valence-corrected chi connectivity index (χ0v) is 16.6. The number of benzene rings is 1. The third-order valence-corrected chi connectivity index (χ3v) is 7.25. The highest BCUT2D eigenvalue weighted by atomic mass is 16.4. The number of hydrogen-bond donors (Lipinski definition) is 2. The summed E-state index contributed by atoms with van der Waals surface area (Å²) < 4.78 is 0. The van der Waals surface area contributed by atoms with Crippen LogP contribution in [0.2, 0.25) is 0 Å². The van der Waals surface area contributed by atoms with Gasteiger partial charge in [-0.05, 0) is 85.3 Å². The molecule has 28 heavy (non-hydrogen) atoms. The maximum Gasteiger partial charge on any atom is 0.316 e. The summed E-state index contributed by atoms with van der Waals surface area (Å²) >= 11 is 0. The van der Waals surface area contributed by atoms with E-state index in [2.05, 4.69) is 5.32 Å².